The molecule has 4 rings (SSSR count). The second kappa shape index (κ2) is 10.8. The molecular weight excluding hydrogens is 575 g/mol. The monoisotopic (exact) mass is 593 g/mol. The van der Waals surface area contributed by atoms with E-state index in [2.05, 4.69) is 15.9 Å². The summed E-state index contributed by atoms with van der Waals surface area (Å²) in [4.78, 5) is 14.2. The number of carbonyl (C=O) groups excluding carboxylic acids is 1. The second-order valence-electron chi connectivity index (χ2n) is 7.96. The predicted octanol–water partition coefficient (Wildman–Crippen LogP) is 6.67. The van der Waals surface area contributed by atoms with Crippen molar-refractivity contribution in [2.75, 3.05) is 0 Å². The molecule has 0 unspecified atom stereocenters. The Hall–Kier alpha value is -3.57. The van der Waals surface area contributed by atoms with Crippen molar-refractivity contribution in [2.45, 2.75) is 24.2 Å². The molecule has 0 saturated heterocycles. The summed E-state index contributed by atoms with van der Waals surface area (Å²) in [5.41, 5.74) is -0.141. The van der Waals surface area contributed by atoms with Crippen LogP contribution in [0.25, 0.3) is 0 Å². The van der Waals surface area contributed by atoms with E-state index >= 15 is 0 Å². The minimum Gasteiger partial charge on any atom is -0.467 e. The summed E-state index contributed by atoms with van der Waals surface area (Å²) in [6.45, 7) is 0.221. The van der Waals surface area contributed by atoms with Crippen LogP contribution in [0.3, 0.4) is 0 Å². The van der Waals surface area contributed by atoms with Crippen molar-refractivity contribution >= 4 is 32.0 Å². The highest BCUT2D eigenvalue weighted by Crippen LogP contribution is 2.31. The maximum absolute atomic E-state index is 13.3. The highest BCUT2D eigenvalue weighted by atomic mass is 79.9. The summed E-state index contributed by atoms with van der Waals surface area (Å²) in [5.74, 6) is 0.145. The second-order valence-corrected chi connectivity index (χ2v) is 10.4. The van der Waals surface area contributed by atoms with Crippen LogP contribution in [0.2, 0.25) is 0 Å². The molecule has 0 spiro atoms. The predicted molar refractivity (Wildman–Crippen MR) is 132 cm³/mol. The van der Waals surface area contributed by atoms with Crippen LogP contribution in [0.5, 0.6) is 5.75 Å². The molecule has 0 fully saturated rings. The van der Waals surface area contributed by atoms with E-state index in [0.29, 0.717) is 23.0 Å². The molecule has 192 valence electrons. The van der Waals surface area contributed by atoms with Crippen molar-refractivity contribution in [3.05, 3.63) is 118 Å². The van der Waals surface area contributed by atoms with Crippen LogP contribution in [0, 0.1) is 0 Å². The van der Waals surface area contributed by atoms with Gasteiger partial charge in [0.2, 0.25) is 0 Å². The zero-order valence-electron chi connectivity index (χ0n) is 19.0. The third-order valence-corrected chi connectivity index (χ3v) is 6.95. The standard InChI is InChI=1S/C26H19BrF3NO5S/c27-21-8-2-6-19(14-21)25(32)31(17-23-10-4-12-35-23)16-18-5-1-9-22(13-18)36-37(33,34)24-11-3-7-20(15-24)26(28,29)30/h1-15H,16-17H2. The van der Waals surface area contributed by atoms with Gasteiger partial charge >= 0.3 is 16.3 Å². The molecule has 0 saturated carbocycles. The first-order valence-corrected chi connectivity index (χ1v) is 13.0. The Balaban J connectivity index is 1.58. The van der Waals surface area contributed by atoms with E-state index in [4.69, 9.17) is 8.60 Å². The first-order chi connectivity index (χ1) is 17.5. The average Bonchev–Trinajstić information content (AvgIpc) is 3.36. The molecule has 0 aliphatic carbocycles. The molecule has 4 aromatic rings. The number of carbonyl (C=O) groups is 1. The summed E-state index contributed by atoms with van der Waals surface area (Å²) in [5, 5.41) is 0. The molecule has 0 N–H and O–H groups in total. The van der Waals surface area contributed by atoms with Crippen molar-refractivity contribution in [2.24, 2.45) is 0 Å². The van der Waals surface area contributed by atoms with Crippen molar-refractivity contribution in [3.8, 4) is 5.75 Å². The molecular formula is C26H19BrF3NO5S. The SMILES string of the molecule is O=C(c1cccc(Br)c1)N(Cc1cccc(OS(=O)(=O)c2cccc(C(F)(F)F)c2)c1)Cc1ccco1. The third kappa shape index (κ3) is 6.80. The van der Waals surface area contributed by atoms with Gasteiger partial charge in [0, 0.05) is 16.6 Å². The number of hydrogen-bond acceptors (Lipinski definition) is 5. The van der Waals surface area contributed by atoms with E-state index in [1.807, 2.05) is 0 Å². The van der Waals surface area contributed by atoms with Gasteiger partial charge in [0.25, 0.3) is 5.91 Å². The molecule has 1 amide bonds. The average molecular weight is 594 g/mol. The number of rotatable bonds is 8. The molecule has 0 atom stereocenters. The van der Waals surface area contributed by atoms with Crippen LogP contribution < -0.4 is 4.18 Å². The first kappa shape index (κ1) is 26.5. The molecule has 6 nitrogen and oxygen atoms in total. The molecule has 0 radical (unpaired) electrons. The first-order valence-electron chi connectivity index (χ1n) is 10.8. The third-order valence-electron chi connectivity index (χ3n) is 5.21. The van der Waals surface area contributed by atoms with Crippen molar-refractivity contribution in [1.29, 1.82) is 0 Å². The largest absolute Gasteiger partial charge is 0.467 e. The highest BCUT2D eigenvalue weighted by molar-refractivity contribution is 9.10. The number of alkyl halides is 3. The van der Waals surface area contributed by atoms with E-state index in [-0.39, 0.29) is 24.7 Å². The van der Waals surface area contributed by atoms with Gasteiger partial charge in [0.15, 0.2) is 0 Å². The summed E-state index contributed by atoms with van der Waals surface area (Å²) in [6, 6.07) is 19.6. The lowest BCUT2D eigenvalue weighted by molar-refractivity contribution is -0.137. The number of amides is 1. The van der Waals surface area contributed by atoms with Crippen molar-refractivity contribution in [1.82, 2.24) is 4.90 Å². The normalized spacial score (nSPS) is 11.8. The molecule has 37 heavy (non-hydrogen) atoms. The lowest BCUT2D eigenvalue weighted by Crippen LogP contribution is -2.30. The van der Waals surface area contributed by atoms with Crippen LogP contribution in [0.4, 0.5) is 13.2 Å². The van der Waals surface area contributed by atoms with Crippen LogP contribution in [0.15, 0.2) is 105 Å². The van der Waals surface area contributed by atoms with Gasteiger partial charge in [-0.15, -0.1) is 0 Å². The smallest absolute Gasteiger partial charge is 0.416 e. The van der Waals surface area contributed by atoms with E-state index in [9.17, 15) is 26.4 Å². The minimum absolute atomic E-state index is 0.0762. The van der Waals surface area contributed by atoms with E-state index in [1.165, 1.54) is 29.4 Å². The van der Waals surface area contributed by atoms with Gasteiger partial charge in [0.1, 0.15) is 16.4 Å². The summed E-state index contributed by atoms with van der Waals surface area (Å²) >= 11 is 3.35. The Bertz CT molecular complexity index is 1500. The van der Waals surface area contributed by atoms with Crippen LogP contribution in [-0.4, -0.2) is 19.2 Å². The molecule has 1 heterocycles. The van der Waals surface area contributed by atoms with E-state index in [0.717, 1.165) is 22.7 Å². The lowest BCUT2D eigenvalue weighted by Gasteiger charge is -2.22. The molecule has 0 bridgehead atoms. The van der Waals surface area contributed by atoms with Gasteiger partial charge in [-0.2, -0.15) is 21.6 Å². The zero-order valence-corrected chi connectivity index (χ0v) is 21.4. The Kier molecular flexibility index (Phi) is 7.74. The Morgan fingerprint density at radius 2 is 1.68 bits per heavy atom. The van der Waals surface area contributed by atoms with Gasteiger partial charge in [-0.25, -0.2) is 0 Å². The lowest BCUT2D eigenvalue weighted by atomic mass is 10.1. The maximum atomic E-state index is 13.3. The number of nitrogens with zero attached hydrogens (tertiary/aromatic N) is 1. The quantitative estimate of drug-likeness (QED) is 0.213. The molecule has 11 heteroatoms. The van der Waals surface area contributed by atoms with Gasteiger partial charge < -0.3 is 13.5 Å². The summed E-state index contributed by atoms with van der Waals surface area (Å²) in [7, 11) is -4.55. The maximum Gasteiger partial charge on any atom is 0.416 e. The van der Waals surface area contributed by atoms with Crippen LogP contribution >= 0.6 is 15.9 Å². The summed E-state index contributed by atoms with van der Waals surface area (Å²) in [6.07, 6.45) is -3.21. The number of benzene rings is 3. The van der Waals surface area contributed by atoms with Crippen LogP contribution in [0.1, 0.15) is 27.2 Å². The molecule has 3 aromatic carbocycles. The molecule has 1 aromatic heterocycles. The summed E-state index contributed by atoms with van der Waals surface area (Å²) < 4.78 is 75.7. The number of furan rings is 1. The Labute approximate surface area is 219 Å². The van der Waals surface area contributed by atoms with Crippen molar-refractivity contribution < 1.29 is 35.0 Å². The van der Waals surface area contributed by atoms with Gasteiger partial charge in [-0.1, -0.05) is 40.2 Å². The fourth-order valence-corrected chi connectivity index (χ4v) is 4.88. The van der Waals surface area contributed by atoms with Crippen molar-refractivity contribution in [3.63, 3.8) is 0 Å². The van der Waals surface area contributed by atoms with Gasteiger partial charge in [-0.3, -0.25) is 4.79 Å². The Morgan fingerprint density at radius 1 is 0.919 bits per heavy atom. The molecule has 0 aliphatic heterocycles. The van der Waals surface area contributed by atoms with Crippen LogP contribution in [-0.2, 0) is 29.4 Å². The fraction of sp³-hybridized carbons (Fsp3) is 0.115. The van der Waals surface area contributed by atoms with E-state index in [1.54, 1.807) is 42.5 Å². The van der Waals surface area contributed by atoms with Gasteiger partial charge in [-0.05, 0) is 66.2 Å². The van der Waals surface area contributed by atoms with E-state index < -0.39 is 26.8 Å². The topological polar surface area (TPSA) is 76.8 Å². The highest BCUT2D eigenvalue weighted by Gasteiger charge is 2.32. The minimum atomic E-state index is -4.70. The fourth-order valence-electron chi connectivity index (χ4n) is 3.51. The van der Waals surface area contributed by atoms with Gasteiger partial charge in [0.05, 0.1) is 18.4 Å². The number of hydrogen-bond donors (Lipinski definition) is 0. The zero-order chi connectivity index (χ0) is 26.6. The number of halogens is 4. The molecule has 0 aliphatic rings. The Morgan fingerprint density at radius 3 is 2.38 bits per heavy atom.